The molecule has 170 valence electrons. The third-order valence-corrected chi connectivity index (χ3v) is 7.81. The topological polar surface area (TPSA) is 95.5 Å². The molecule has 3 aromatic rings. The molecule has 1 aromatic heterocycles. The van der Waals surface area contributed by atoms with Crippen molar-refractivity contribution in [1.29, 1.82) is 0 Å². The minimum atomic E-state index is -3.79. The van der Waals surface area contributed by atoms with E-state index in [1.165, 1.54) is 33.5 Å². The maximum atomic E-state index is 13.8. The SMILES string of the molecule is CC(Cc1c(F)cccc1F)NC(=O)N1CCN(S(=O)(=O)c2cccc3nsnc23)CC1. The summed E-state index contributed by atoms with van der Waals surface area (Å²) in [7, 11) is -3.79. The number of amides is 2. The maximum Gasteiger partial charge on any atom is 0.317 e. The normalized spacial score (nSPS) is 16.3. The molecule has 1 aliphatic rings. The minimum Gasteiger partial charge on any atom is -0.335 e. The summed E-state index contributed by atoms with van der Waals surface area (Å²) >= 11 is 0.951. The molecule has 32 heavy (non-hydrogen) atoms. The Kier molecular flexibility index (Phi) is 6.35. The number of piperazine rings is 1. The van der Waals surface area contributed by atoms with Gasteiger partial charge in [-0.05, 0) is 37.6 Å². The Hall–Kier alpha value is -2.70. The minimum absolute atomic E-state index is 0.00424. The molecule has 0 aliphatic carbocycles. The van der Waals surface area contributed by atoms with Crippen LogP contribution in [-0.2, 0) is 16.4 Å². The zero-order valence-electron chi connectivity index (χ0n) is 17.2. The van der Waals surface area contributed by atoms with Crippen LogP contribution in [0.5, 0.6) is 0 Å². The molecule has 0 spiro atoms. The van der Waals surface area contributed by atoms with Gasteiger partial charge >= 0.3 is 6.03 Å². The standard InChI is InChI=1S/C20H21F2N5O3S2/c1-13(12-14-15(21)4-2-5-16(14)22)23-20(28)26-8-10-27(11-9-26)32(29,30)18-7-3-6-17-19(18)25-31-24-17/h2-7,13H,8-12H2,1H3,(H,23,28). The van der Waals surface area contributed by atoms with E-state index in [4.69, 9.17) is 0 Å². The Morgan fingerprint density at radius 2 is 1.75 bits per heavy atom. The van der Waals surface area contributed by atoms with Gasteiger partial charge in [0.25, 0.3) is 0 Å². The van der Waals surface area contributed by atoms with Crippen molar-refractivity contribution in [2.45, 2.75) is 24.3 Å². The van der Waals surface area contributed by atoms with E-state index in [-0.39, 0.29) is 43.1 Å². The molecule has 12 heteroatoms. The summed E-state index contributed by atoms with van der Waals surface area (Å²) in [6.45, 7) is 2.29. The summed E-state index contributed by atoms with van der Waals surface area (Å²) in [5.74, 6) is -1.31. The molecule has 2 amide bonds. The van der Waals surface area contributed by atoms with E-state index in [9.17, 15) is 22.0 Å². The van der Waals surface area contributed by atoms with Crippen LogP contribution < -0.4 is 5.32 Å². The number of hydrogen-bond donors (Lipinski definition) is 1. The highest BCUT2D eigenvalue weighted by Gasteiger charge is 2.32. The lowest BCUT2D eigenvalue weighted by atomic mass is 10.1. The predicted octanol–water partition coefficient (Wildman–Crippen LogP) is 2.62. The second-order valence-corrected chi connectivity index (χ2v) is 9.97. The third-order valence-electron chi connectivity index (χ3n) is 5.33. The van der Waals surface area contributed by atoms with Crippen LogP contribution in [0.15, 0.2) is 41.3 Å². The lowest BCUT2D eigenvalue weighted by Gasteiger charge is -2.34. The molecule has 1 aliphatic heterocycles. The molecule has 1 saturated heterocycles. The summed E-state index contributed by atoms with van der Waals surface area (Å²) in [4.78, 5) is 14.2. The van der Waals surface area contributed by atoms with Gasteiger partial charge in [-0.1, -0.05) is 12.1 Å². The summed E-state index contributed by atoms with van der Waals surface area (Å²) < 4.78 is 63.4. The maximum absolute atomic E-state index is 13.8. The summed E-state index contributed by atoms with van der Waals surface area (Å²) in [6, 6.07) is 7.55. The Morgan fingerprint density at radius 1 is 1.09 bits per heavy atom. The number of nitrogens with zero attached hydrogens (tertiary/aromatic N) is 4. The van der Waals surface area contributed by atoms with Crippen molar-refractivity contribution in [1.82, 2.24) is 23.3 Å². The third kappa shape index (κ3) is 4.43. The van der Waals surface area contributed by atoms with E-state index in [1.807, 2.05) is 0 Å². The molecule has 8 nitrogen and oxygen atoms in total. The molecular formula is C20H21F2N5O3S2. The van der Waals surface area contributed by atoms with Crippen molar-refractivity contribution < 1.29 is 22.0 Å². The van der Waals surface area contributed by atoms with Crippen LogP contribution in [0.1, 0.15) is 12.5 Å². The van der Waals surface area contributed by atoms with Crippen molar-refractivity contribution in [2.24, 2.45) is 0 Å². The van der Waals surface area contributed by atoms with Gasteiger partial charge in [0.05, 0.1) is 11.7 Å². The van der Waals surface area contributed by atoms with E-state index in [0.717, 1.165) is 11.7 Å². The quantitative estimate of drug-likeness (QED) is 0.605. The number of carbonyl (C=O) groups excluding carboxylic acids is 1. The fourth-order valence-electron chi connectivity index (χ4n) is 3.65. The van der Waals surface area contributed by atoms with Crippen LogP contribution in [0.4, 0.5) is 13.6 Å². The van der Waals surface area contributed by atoms with Gasteiger partial charge in [-0.25, -0.2) is 22.0 Å². The molecule has 0 radical (unpaired) electrons. The van der Waals surface area contributed by atoms with Crippen LogP contribution >= 0.6 is 11.7 Å². The van der Waals surface area contributed by atoms with Crippen LogP contribution in [0, 0.1) is 11.6 Å². The van der Waals surface area contributed by atoms with Gasteiger partial charge in [0.15, 0.2) is 0 Å². The molecule has 1 atom stereocenters. The Bertz CT molecular complexity index is 1220. The first kappa shape index (κ1) is 22.5. The molecule has 2 aromatic carbocycles. The number of fused-ring (bicyclic) bond motifs is 1. The average Bonchev–Trinajstić information content (AvgIpc) is 3.25. The number of benzene rings is 2. The van der Waals surface area contributed by atoms with Crippen LogP contribution in [0.3, 0.4) is 0 Å². The molecule has 4 rings (SSSR count). The molecule has 0 bridgehead atoms. The highest BCUT2D eigenvalue weighted by molar-refractivity contribution is 7.89. The van der Waals surface area contributed by atoms with Crippen molar-refractivity contribution in [3.8, 4) is 0 Å². The molecule has 1 N–H and O–H groups in total. The molecule has 1 fully saturated rings. The highest BCUT2D eigenvalue weighted by Crippen LogP contribution is 2.25. The van der Waals surface area contributed by atoms with E-state index in [1.54, 1.807) is 19.1 Å². The van der Waals surface area contributed by atoms with Gasteiger partial charge in [-0.2, -0.15) is 13.1 Å². The number of halogens is 2. The van der Waals surface area contributed by atoms with E-state index >= 15 is 0 Å². The first-order valence-corrected chi connectivity index (χ1v) is 12.1. The zero-order valence-corrected chi connectivity index (χ0v) is 18.8. The number of nitrogens with one attached hydrogen (secondary N) is 1. The van der Waals surface area contributed by atoms with Gasteiger partial charge in [-0.3, -0.25) is 0 Å². The number of aromatic nitrogens is 2. The van der Waals surface area contributed by atoms with E-state index < -0.39 is 33.7 Å². The van der Waals surface area contributed by atoms with Crippen LogP contribution in [-0.4, -0.2) is 64.6 Å². The lowest BCUT2D eigenvalue weighted by molar-refractivity contribution is 0.169. The Morgan fingerprint density at radius 3 is 2.44 bits per heavy atom. The largest absolute Gasteiger partial charge is 0.335 e. The summed E-state index contributed by atoms with van der Waals surface area (Å²) in [5, 5.41) is 2.73. The van der Waals surface area contributed by atoms with Gasteiger partial charge < -0.3 is 10.2 Å². The second kappa shape index (κ2) is 9.04. The molecule has 2 heterocycles. The van der Waals surface area contributed by atoms with Crippen LogP contribution in [0.2, 0.25) is 0 Å². The average molecular weight is 482 g/mol. The summed E-state index contributed by atoms with van der Waals surface area (Å²) in [6.07, 6.45) is 0.00424. The van der Waals surface area contributed by atoms with Gasteiger partial charge in [0.1, 0.15) is 27.6 Å². The number of hydrogen-bond acceptors (Lipinski definition) is 6. The second-order valence-electron chi connectivity index (χ2n) is 7.53. The number of urea groups is 1. The fourth-order valence-corrected chi connectivity index (χ4v) is 5.82. The van der Waals surface area contributed by atoms with Gasteiger partial charge in [-0.15, -0.1) is 0 Å². The van der Waals surface area contributed by atoms with E-state index in [2.05, 4.69) is 14.1 Å². The van der Waals surface area contributed by atoms with Crippen molar-refractivity contribution in [2.75, 3.05) is 26.2 Å². The van der Waals surface area contributed by atoms with E-state index in [0.29, 0.717) is 11.0 Å². The predicted molar refractivity (Wildman–Crippen MR) is 116 cm³/mol. The van der Waals surface area contributed by atoms with Gasteiger partial charge in [0.2, 0.25) is 10.0 Å². The number of sulfonamides is 1. The smallest absolute Gasteiger partial charge is 0.317 e. The lowest BCUT2D eigenvalue weighted by Crippen LogP contribution is -2.54. The van der Waals surface area contributed by atoms with Crippen LogP contribution in [0.25, 0.3) is 11.0 Å². The summed E-state index contributed by atoms with van der Waals surface area (Å²) in [5.41, 5.74) is 0.781. The number of rotatable bonds is 5. The molecule has 0 saturated carbocycles. The Labute approximate surface area is 188 Å². The first-order chi connectivity index (χ1) is 15.3. The molecule has 1 unspecified atom stereocenters. The van der Waals surface area contributed by atoms with Gasteiger partial charge in [0, 0.05) is 37.8 Å². The van der Waals surface area contributed by atoms with Crippen molar-refractivity contribution in [3.05, 3.63) is 53.6 Å². The number of carbonyl (C=O) groups is 1. The fraction of sp³-hybridized carbons (Fsp3) is 0.350. The van der Waals surface area contributed by atoms with Crippen molar-refractivity contribution >= 4 is 38.8 Å². The highest BCUT2D eigenvalue weighted by atomic mass is 32.2. The Balaban J connectivity index is 1.37. The first-order valence-electron chi connectivity index (χ1n) is 9.97. The monoisotopic (exact) mass is 481 g/mol. The van der Waals surface area contributed by atoms with Crippen molar-refractivity contribution in [3.63, 3.8) is 0 Å². The zero-order chi connectivity index (χ0) is 22.9. The molecular weight excluding hydrogens is 460 g/mol.